The molecule has 0 radical (unpaired) electrons. The second-order valence-electron chi connectivity index (χ2n) is 2.37. The highest BCUT2D eigenvalue weighted by Crippen LogP contribution is 2.13. The zero-order chi connectivity index (χ0) is 10.0. The Morgan fingerprint density at radius 3 is 2.62 bits per heavy atom. The van der Waals surface area contributed by atoms with Gasteiger partial charge in [-0.3, -0.25) is 9.59 Å². The molecule has 0 aromatic carbocycles. The zero-order valence-electron chi connectivity index (χ0n) is 6.73. The van der Waals surface area contributed by atoms with E-state index >= 15 is 0 Å². The Labute approximate surface area is 72.6 Å². The molecule has 5 nitrogen and oxygen atoms in total. The van der Waals surface area contributed by atoms with Gasteiger partial charge in [-0.15, -0.1) is 0 Å². The van der Waals surface area contributed by atoms with Gasteiger partial charge < -0.3 is 9.52 Å². The van der Waals surface area contributed by atoms with Gasteiger partial charge in [-0.05, 0) is 6.92 Å². The van der Waals surface area contributed by atoms with Crippen molar-refractivity contribution in [2.24, 2.45) is 0 Å². The first-order valence-corrected chi connectivity index (χ1v) is 3.39. The Bertz CT molecular complexity index is 415. The van der Waals surface area contributed by atoms with E-state index < -0.39 is 22.7 Å². The van der Waals surface area contributed by atoms with Crippen LogP contribution in [0.4, 0.5) is 0 Å². The molecule has 0 bridgehead atoms. The predicted octanol–water partition coefficient (Wildman–Crippen LogP) is 0.360. The van der Waals surface area contributed by atoms with Crippen LogP contribution in [-0.2, 0) is 0 Å². The quantitative estimate of drug-likeness (QED) is 0.527. The van der Waals surface area contributed by atoms with Crippen molar-refractivity contribution in [2.45, 2.75) is 6.92 Å². The maximum Gasteiger partial charge on any atom is 0.351 e. The average Bonchev–Trinajstić information content (AvgIpc) is 2.02. The van der Waals surface area contributed by atoms with Crippen LogP contribution in [0.25, 0.3) is 0 Å². The number of Topliss-reactive ketones (excluding diaryl/α,β-unsaturated/α-hetero) is 1. The number of aromatic hydroxyl groups is 1. The zero-order valence-corrected chi connectivity index (χ0v) is 6.73. The summed E-state index contributed by atoms with van der Waals surface area (Å²) in [5.41, 5.74) is -1.44. The van der Waals surface area contributed by atoms with Crippen molar-refractivity contribution in [3.63, 3.8) is 0 Å². The lowest BCUT2D eigenvalue weighted by molar-refractivity contribution is 0.100. The third kappa shape index (κ3) is 1.64. The number of carbonyl (C=O) groups excluding carboxylic acids is 2. The molecule has 1 aromatic heterocycles. The van der Waals surface area contributed by atoms with E-state index in [4.69, 9.17) is 5.11 Å². The molecule has 68 valence electrons. The van der Waals surface area contributed by atoms with E-state index in [0.717, 1.165) is 13.0 Å². The average molecular weight is 182 g/mol. The Hall–Kier alpha value is -1.91. The fourth-order valence-electron chi connectivity index (χ4n) is 0.881. The minimum absolute atomic E-state index is 0.269. The highest BCUT2D eigenvalue weighted by Gasteiger charge is 2.14. The molecular weight excluding hydrogens is 176 g/mol. The number of hydrogen-bond donors (Lipinski definition) is 1. The molecule has 13 heavy (non-hydrogen) atoms. The van der Waals surface area contributed by atoms with Gasteiger partial charge in [0.25, 0.3) is 0 Å². The number of ketones is 1. The van der Waals surface area contributed by atoms with E-state index in [2.05, 4.69) is 4.42 Å². The van der Waals surface area contributed by atoms with Crippen molar-refractivity contribution < 1.29 is 19.1 Å². The van der Waals surface area contributed by atoms with Crippen LogP contribution in [0.2, 0.25) is 0 Å². The number of hydrogen-bond acceptors (Lipinski definition) is 5. The second kappa shape index (κ2) is 3.22. The van der Waals surface area contributed by atoms with Gasteiger partial charge in [0.05, 0.1) is 0 Å². The van der Waals surface area contributed by atoms with E-state index in [-0.39, 0.29) is 12.0 Å². The van der Waals surface area contributed by atoms with E-state index in [1.807, 2.05) is 0 Å². The van der Waals surface area contributed by atoms with Gasteiger partial charge in [-0.1, -0.05) is 0 Å². The van der Waals surface area contributed by atoms with Gasteiger partial charge in [-0.2, -0.15) is 0 Å². The molecule has 0 amide bonds. The molecule has 0 aliphatic heterocycles. The smallest absolute Gasteiger partial charge is 0.351 e. The first-order valence-electron chi connectivity index (χ1n) is 3.39. The van der Waals surface area contributed by atoms with Crippen LogP contribution in [0.3, 0.4) is 0 Å². The molecule has 0 atom stereocenters. The molecule has 0 spiro atoms. The molecule has 1 rings (SSSR count). The van der Waals surface area contributed by atoms with Gasteiger partial charge in [0.15, 0.2) is 17.8 Å². The van der Waals surface area contributed by atoms with Crippen molar-refractivity contribution in [3.8, 4) is 5.75 Å². The predicted molar refractivity (Wildman–Crippen MR) is 42.0 cm³/mol. The molecule has 0 aliphatic rings. The molecule has 1 heterocycles. The van der Waals surface area contributed by atoms with Crippen LogP contribution in [-0.4, -0.2) is 17.2 Å². The van der Waals surface area contributed by atoms with Crippen molar-refractivity contribution >= 4 is 12.1 Å². The number of aldehydes is 1. The summed E-state index contributed by atoms with van der Waals surface area (Å²) >= 11 is 0. The fourth-order valence-corrected chi connectivity index (χ4v) is 0.881. The lowest BCUT2D eigenvalue weighted by atomic mass is 10.2. The summed E-state index contributed by atoms with van der Waals surface area (Å²) in [6.45, 7) is 1.12. The van der Waals surface area contributed by atoms with Gasteiger partial charge in [0.1, 0.15) is 11.3 Å². The van der Waals surface area contributed by atoms with Crippen LogP contribution in [0.5, 0.6) is 5.75 Å². The maximum absolute atomic E-state index is 11.0. The van der Waals surface area contributed by atoms with Crippen LogP contribution >= 0.6 is 0 Å². The summed E-state index contributed by atoms with van der Waals surface area (Å²) in [5.74, 6) is -1.46. The Balaban J connectivity index is 3.49. The van der Waals surface area contributed by atoms with Crippen molar-refractivity contribution in [1.29, 1.82) is 0 Å². The van der Waals surface area contributed by atoms with Crippen LogP contribution in [0.15, 0.2) is 15.3 Å². The molecule has 0 aliphatic carbocycles. The molecule has 0 unspecified atom stereocenters. The molecule has 5 heteroatoms. The minimum atomic E-state index is -1.01. The van der Waals surface area contributed by atoms with Gasteiger partial charge >= 0.3 is 5.63 Å². The molecule has 1 aromatic rings. The summed E-state index contributed by atoms with van der Waals surface area (Å²) in [6.07, 6.45) is 0.269. The van der Waals surface area contributed by atoms with Crippen molar-refractivity contribution in [3.05, 3.63) is 27.8 Å². The van der Waals surface area contributed by atoms with Crippen LogP contribution < -0.4 is 5.63 Å². The monoisotopic (exact) mass is 182 g/mol. The Morgan fingerprint density at radius 2 is 2.23 bits per heavy atom. The highest BCUT2D eigenvalue weighted by atomic mass is 16.4. The number of carbonyl (C=O) groups is 2. The molecule has 0 saturated carbocycles. The first-order chi connectivity index (χ1) is 6.06. The van der Waals surface area contributed by atoms with Gasteiger partial charge in [-0.25, -0.2) is 4.79 Å². The largest absolute Gasteiger partial charge is 0.507 e. The third-order valence-electron chi connectivity index (χ3n) is 1.42. The topological polar surface area (TPSA) is 84.6 Å². The second-order valence-corrected chi connectivity index (χ2v) is 2.37. The van der Waals surface area contributed by atoms with Crippen LogP contribution in [0.1, 0.15) is 27.8 Å². The van der Waals surface area contributed by atoms with Crippen LogP contribution in [0, 0.1) is 0 Å². The summed E-state index contributed by atoms with van der Waals surface area (Å²) in [6, 6.07) is 0.922. The lowest BCUT2D eigenvalue weighted by Gasteiger charge is -1.97. The van der Waals surface area contributed by atoms with E-state index in [0.29, 0.717) is 0 Å². The van der Waals surface area contributed by atoms with Crippen molar-refractivity contribution in [1.82, 2.24) is 0 Å². The summed E-state index contributed by atoms with van der Waals surface area (Å²) in [4.78, 5) is 31.9. The summed E-state index contributed by atoms with van der Waals surface area (Å²) < 4.78 is 4.40. The third-order valence-corrected chi connectivity index (χ3v) is 1.42. The first kappa shape index (κ1) is 9.18. The Kier molecular flexibility index (Phi) is 2.27. The highest BCUT2D eigenvalue weighted by molar-refractivity contribution is 5.96. The SMILES string of the molecule is CC(=O)c1c(O)cc(C=O)oc1=O. The normalized spacial score (nSPS) is 9.62. The summed E-state index contributed by atoms with van der Waals surface area (Å²) in [7, 11) is 0. The molecule has 0 saturated heterocycles. The molecule has 1 N–H and O–H groups in total. The maximum atomic E-state index is 11.0. The Morgan fingerprint density at radius 1 is 1.62 bits per heavy atom. The fraction of sp³-hybridized carbons (Fsp3) is 0.125. The van der Waals surface area contributed by atoms with Gasteiger partial charge in [0, 0.05) is 6.07 Å². The summed E-state index contributed by atoms with van der Waals surface area (Å²) in [5, 5.41) is 9.13. The van der Waals surface area contributed by atoms with Crippen molar-refractivity contribution in [2.75, 3.05) is 0 Å². The van der Waals surface area contributed by atoms with E-state index in [1.54, 1.807) is 0 Å². The van der Waals surface area contributed by atoms with E-state index in [1.165, 1.54) is 0 Å². The standard InChI is InChI=1S/C8H6O5/c1-4(10)7-6(11)2-5(3-9)13-8(7)12/h2-3,11H,1H3. The van der Waals surface area contributed by atoms with E-state index in [9.17, 15) is 14.4 Å². The lowest BCUT2D eigenvalue weighted by Crippen LogP contribution is -2.12. The molecule has 0 fully saturated rings. The number of rotatable bonds is 2. The minimum Gasteiger partial charge on any atom is -0.507 e. The molecular formula is C8H6O5. The van der Waals surface area contributed by atoms with Gasteiger partial charge in [0.2, 0.25) is 0 Å².